The summed E-state index contributed by atoms with van der Waals surface area (Å²) in [7, 11) is 0. The summed E-state index contributed by atoms with van der Waals surface area (Å²) in [6.45, 7) is 1.67. The first-order valence-corrected chi connectivity index (χ1v) is 9.08. The van der Waals surface area contributed by atoms with Gasteiger partial charge in [0.25, 0.3) is 5.69 Å². The molecule has 1 heterocycles. The van der Waals surface area contributed by atoms with Gasteiger partial charge in [-0.25, -0.2) is 0 Å². The van der Waals surface area contributed by atoms with Crippen LogP contribution in [0.2, 0.25) is 10.0 Å². The minimum absolute atomic E-state index is 0.0625. The third kappa shape index (κ3) is 3.72. The maximum Gasteiger partial charge on any atom is 0.279 e. The summed E-state index contributed by atoms with van der Waals surface area (Å²) in [5, 5.41) is 26.0. The molecule has 0 spiro atoms. The van der Waals surface area contributed by atoms with Crippen LogP contribution in [0.1, 0.15) is 30.5 Å². The number of non-ortho nitro benzene ring substituents is 1. The van der Waals surface area contributed by atoms with E-state index in [1.54, 1.807) is 25.1 Å². The summed E-state index contributed by atoms with van der Waals surface area (Å²) in [6.07, 6.45) is 1.60. The number of rotatable bonds is 5. The maximum absolute atomic E-state index is 12.1. The summed E-state index contributed by atoms with van der Waals surface area (Å²) in [4.78, 5) is 27.2. The van der Waals surface area contributed by atoms with Crippen molar-refractivity contribution in [2.45, 2.75) is 19.4 Å². The first kappa shape index (κ1) is 19.9. The van der Waals surface area contributed by atoms with Gasteiger partial charge in [-0.1, -0.05) is 36.2 Å². The van der Waals surface area contributed by atoms with Gasteiger partial charge >= 0.3 is 0 Å². The van der Waals surface area contributed by atoms with Crippen molar-refractivity contribution >= 4 is 45.7 Å². The molecule has 0 aliphatic carbocycles. The van der Waals surface area contributed by atoms with Gasteiger partial charge < -0.3 is 10.4 Å². The minimum Gasteiger partial charge on any atom is -0.505 e. The van der Waals surface area contributed by atoms with Gasteiger partial charge in [-0.15, -0.1) is 0 Å². The molecule has 0 saturated heterocycles. The van der Waals surface area contributed by atoms with Gasteiger partial charge in [0.2, 0.25) is 5.91 Å². The molecule has 0 saturated carbocycles. The quantitative estimate of drug-likeness (QED) is 0.457. The van der Waals surface area contributed by atoms with Crippen LogP contribution < -0.4 is 5.32 Å². The fraction of sp³-hybridized carbons (Fsp3) is 0.158. The predicted octanol–water partition coefficient (Wildman–Crippen LogP) is 4.77. The summed E-state index contributed by atoms with van der Waals surface area (Å²) in [5.74, 6) is -0.590. The largest absolute Gasteiger partial charge is 0.505 e. The van der Waals surface area contributed by atoms with Crippen molar-refractivity contribution in [2.24, 2.45) is 0 Å². The van der Waals surface area contributed by atoms with Crippen LogP contribution >= 0.6 is 23.2 Å². The van der Waals surface area contributed by atoms with E-state index in [0.29, 0.717) is 10.6 Å². The van der Waals surface area contributed by atoms with Gasteiger partial charge in [-0.3, -0.25) is 19.9 Å². The topological polar surface area (TPSA) is 105 Å². The van der Waals surface area contributed by atoms with Crippen LogP contribution in [0.3, 0.4) is 0 Å². The highest BCUT2D eigenvalue weighted by atomic mass is 35.5. The molecule has 7 nitrogen and oxygen atoms in total. The van der Waals surface area contributed by atoms with Crippen molar-refractivity contribution < 1.29 is 14.8 Å². The lowest BCUT2D eigenvalue weighted by Gasteiger charge is -2.22. The Morgan fingerprint density at radius 3 is 2.68 bits per heavy atom. The molecule has 1 aromatic heterocycles. The Kier molecular flexibility index (Phi) is 5.67. The molecule has 0 aliphatic rings. The van der Waals surface area contributed by atoms with E-state index in [1.807, 2.05) is 0 Å². The van der Waals surface area contributed by atoms with Crippen molar-refractivity contribution in [3.63, 3.8) is 0 Å². The molecule has 0 bridgehead atoms. The van der Waals surface area contributed by atoms with Crippen molar-refractivity contribution in [1.29, 1.82) is 0 Å². The number of pyridine rings is 1. The lowest BCUT2D eigenvalue weighted by atomic mass is 9.95. The molecule has 9 heteroatoms. The van der Waals surface area contributed by atoms with Crippen LogP contribution in [0.25, 0.3) is 10.9 Å². The fourth-order valence-corrected chi connectivity index (χ4v) is 3.44. The van der Waals surface area contributed by atoms with E-state index >= 15 is 0 Å². The van der Waals surface area contributed by atoms with Gasteiger partial charge in [-0.05, 0) is 29.8 Å². The van der Waals surface area contributed by atoms with Gasteiger partial charge in [0.1, 0.15) is 11.3 Å². The number of nitro groups is 1. The van der Waals surface area contributed by atoms with Crippen LogP contribution in [0.4, 0.5) is 5.69 Å². The molecule has 144 valence electrons. The Morgan fingerprint density at radius 1 is 1.29 bits per heavy atom. The van der Waals surface area contributed by atoms with Crippen LogP contribution in [-0.4, -0.2) is 20.9 Å². The highest BCUT2D eigenvalue weighted by molar-refractivity contribution is 6.35. The van der Waals surface area contributed by atoms with Gasteiger partial charge in [0, 0.05) is 34.3 Å². The zero-order valence-electron chi connectivity index (χ0n) is 14.6. The monoisotopic (exact) mass is 419 g/mol. The number of amides is 1. The lowest BCUT2D eigenvalue weighted by Crippen LogP contribution is -2.29. The van der Waals surface area contributed by atoms with Crippen LogP contribution in [0.5, 0.6) is 5.75 Å². The average Bonchev–Trinajstić information content (AvgIpc) is 2.67. The highest BCUT2D eigenvalue weighted by Gasteiger charge is 2.27. The summed E-state index contributed by atoms with van der Waals surface area (Å²) < 4.78 is 0. The zero-order chi connectivity index (χ0) is 20.4. The predicted molar refractivity (Wildman–Crippen MR) is 107 cm³/mol. The SMILES string of the molecule is CCC(=O)N[C@H](c1ccc(Cl)cc1Cl)c1cc([N+](=O)[O-])c2cccnc2c1O. The summed E-state index contributed by atoms with van der Waals surface area (Å²) in [6, 6.07) is 8.01. The van der Waals surface area contributed by atoms with E-state index in [9.17, 15) is 20.0 Å². The molecule has 0 unspecified atom stereocenters. The Hall–Kier alpha value is -2.90. The van der Waals surface area contributed by atoms with Crippen LogP contribution in [0, 0.1) is 10.1 Å². The average molecular weight is 420 g/mol. The molecule has 1 amide bonds. The van der Waals surface area contributed by atoms with Gasteiger partial charge in [0.05, 0.1) is 16.4 Å². The molecule has 1 atom stereocenters. The molecular weight excluding hydrogens is 405 g/mol. The number of nitrogens with zero attached hydrogens (tertiary/aromatic N) is 2. The van der Waals surface area contributed by atoms with Crippen molar-refractivity contribution in [3.8, 4) is 5.75 Å². The number of phenolic OH excluding ortho intramolecular Hbond substituents is 1. The van der Waals surface area contributed by atoms with Crippen LogP contribution in [-0.2, 0) is 4.79 Å². The third-order valence-corrected chi connectivity index (χ3v) is 4.84. The summed E-state index contributed by atoms with van der Waals surface area (Å²) in [5.41, 5.74) is 0.376. The zero-order valence-corrected chi connectivity index (χ0v) is 16.2. The van der Waals surface area contributed by atoms with Crippen molar-refractivity contribution in [1.82, 2.24) is 10.3 Å². The van der Waals surface area contributed by atoms with Crippen LogP contribution in [0.15, 0.2) is 42.6 Å². The van der Waals surface area contributed by atoms with Crippen molar-refractivity contribution in [2.75, 3.05) is 0 Å². The Balaban J connectivity index is 2.30. The summed E-state index contributed by atoms with van der Waals surface area (Å²) >= 11 is 12.3. The number of phenols is 1. The second-order valence-electron chi connectivity index (χ2n) is 6.01. The fourth-order valence-electron chi connectivity index (χ4n) is 2.92. The lowest BCUT2D eigenvalue weighted by molar-refractivity contribution is -0.383. The van der Waals surface area contributed by atoms with E-state index in [0.717, 1.165) is 0 Å². The first-order valence-electron chi connectivity index (χ1n) is 8.32. The van der Waals surface area contributed by atoms with E-state index in [1.165, 1.54) is 24.4 Å². The molecule has 2 aromatic carbocycles. The van der Waals surface area contributed by atoms with E-state index < -0.39 is 11.0 Å². The molecule has 0 radical (unpaired) electrons. The molecule has 0 fully saturated rings. The number of benzene rings is 2. The Labute approximate surface area is 170 Å². The Bertz CT molecular complexity index is 1090. The number of carbonyl (C=O) groups excluding carboxylic acids is 1. The number of carbonyl (C=O) groups is 1. The van der Waals surface area contributed by atoms with E-state index in [2.05, 4.69) is 10.3 Å². The van der Waals surface area contributed by atoms with E-state index in [4.69, 9.17) is 23.2 Å². The maximum atomic E-state index is 12.1. The van der Waals surface area contributed by atoms with Gasteiger partial charge in [0.15, 0.2) is 0 Å². The number of hydrogen-bond acceptors (Lipinski definition) is 5. The number of hydrogen-bond donors (Lipinski definition) is 2. The normalized spacial score (nSPS) is 12.0. The standard InChI is InChI=1S/C19H15Cl2N3O4/c1-2-16(25)23-17(11-6-5-10(20)8-14(11)21)13-9-15(24(27)28)12-4-3-7-22-18(12)19(13)26/h3-9,17,26H,2H2,1H3,(H,23,25)/t17-/m1/s1. The minimum atomic E-state index is -0.928. The van der Waals surface area contributed by atoms with Gasteiger partial charge in [-0.2, -0.15) is 0 Å². The number of nitrogens with one attached hydrogen (secondary N) is 1. The molecule has 0 aliphatic heterocycles. The third-order valence-electron chi connectivity index (χ3n) is 4.28. The number of nitro benzene ring substituents is 1. The second kappa shape index (κ2) is 8.00. The molecule has 3 rings (SSSR count). The number of aromatic nitrogens is 1. The number of fused-ring (bicyclic) bond motifs is 1. The van der Waals surface area contributed by atoms with E-state index in [-0.39, 0.29) is 45.3 Å². The molecular formula is C19H15Cl2N3O4. The van der Waals surface area contributed by atoms with Crippen molar-refractivity contribution in [3.05, 3.63) is 73.9 Å². The first-order chi connectivity index (χ1) is 13.3. The smallest absolute Gasteiger partial charge is 0.279 e. The molecule has 28 heavy (non-hydrogen) atoms. The number of halogens is 2. The highest BCUT2D eigenvalue weighted by Crippen LogP contribution is 2.41. The molecule has 2 N–H and O–H groups in total. The Morgan fingerprint density at radius 2 is 2.04 bits per heavy atom. The molecule has 3 aromatic rings. The second-order valence-corrected chi connectivity index (χ2v) is 6.85. The number of aromatic hydroxyl groups is 1.